The van der Waals surface area contributed by atoms with Gasteiger partial charge in [-0.2, -0.15) is 0 Å². The van der Waals surface area contributed by atoms with Crippen molar-refractivity contribution in [2.24, 2.45) is 0 Å². The van der Waals surface area contributed by atoms with E-state index >= 15 is 0 Å². The van der Waals surface area contributed by atoms with Gasteiger partial charge in [-0.25, -0.2) is 4.39 Å². The molecule has 82 valence electrons. The van der Waals surface area contributed by atoms with Crippen LogP contribution in [-0.2, 0) is 0 Å². The lowest BCUT2D eigenvalue weighted by molar-refractivity contribution is 0.626. The lowest BCUT2D eigenvalue weighted by Gasteiger charge is -2.16. The Morgan fingerprint density at radius 3 is 2.87 bits per heavy atom. The molecule has 15 heavy (non-hydrogen) atoms. The molecule has 0 spiro atoms. The summed E-state index contributed by atoms with van der Waals surface area (Å²) in [5, 5.41) is 3.36. The number of halogens is 1. The van der Waals surface area contributed by atoms with Gasteiger partial charge >= 0.3 is 0 Å². The summed E-state index contributed by atoms with van der Waals surface area (Å²) in [6.45, 7) is 7.72. The average molecular weight is 207 g/mol. The van der Waals surface area contributed by atoms with Crippen LogP contribution in [0.5, 0.6) is 0 Å². The van der Waals surface area contributed by atoms with E-state index in [2.05, 4.69) is 18.8 Å². The molecule has 1 nitrogen and oxygen atoms in total. The molecule has 0 heterocycles. The molecule has 0 amide bonds. The fraction of sp³-hybridized carbons (Fsp3) is 0.385. The van der Waals surface area contributed by atoms with E-state index in [1.807, 2.05) is 13.0 Å². The predicted molar refractivity (Wildman–Crippen MR) is 63.7 cm³/mol. The van der Waals surface area contributed by atoms with Gasteiger partial charge in [0.25, 0.3) is 0 Å². The molecule has 0 aliphatic heterocycles. The molecule has 0 radical (unpaired) electrons. The third kappa shape index (κ3) is 3.74. The van der Waals surface area contributed by atoms with Crippen LogP contribution in [0, 0.1) is 12.7 Å². The first kappa shape index (κ1) is 11.8. The maximum Gasteiger partial charge on any atom is 0.123 e. The van der Waals surface area contributed by atoms with Crippen molar-refractivity contribution >= 4 is 5.69 Å². The van der Waals surface area contributed by atoms with Crippen molar-refractivity contribution in [3.63, 3.8) is 0 Å². The van der Waals surface area contributed by atoms with Gasteiger partial charge in [0.1, 0.15) is 5.82 Å². The van der Waals surface area contributed by atoms with Crippen LogP contribution in [-0.4, -0.2) is 6.04 Å². The van der Waals surface area contributed by atoms with Crippen LogP contribution >= 0.6 is 0 Å². The van der Waals surface area contributed by atoms with E-state index in [1.54, 1.807) is 12.1 Å². The Labute approximate surface area is 91.0 Å². The zero-order valence-corrected chi connectivity index (χ0v) is 9.39. The monoisotopic (exact) mass is 207 g/mol. The largest absolute Gasteiger partial charge is 0.382 e. The third-order valence-corrected chi connectivity index (χ3v) is 2.39. The normalized spacial score (nSPS) is 12.2. The van der Waals surface area contributed by atoms with Crippen LogP contribution in [0.25, 0.3) is 0 Å². The molecule has 0 saturated heterocycles. The van der Waals surface area contributed by atoms with E-state index < -0.39 is 0 Å². The van der Waals surface area contributed by atoms with E-state index in [0.717, 1.165) is 24.1 Å². The lowest BCUT2D eigenvalue weighted by Crippen LogP contribution is -2.15. The molecule has 0 aliphatic carbocycles. The van der Waals surface area contributed by atoms with Crippen LogP contribution in [0.2, 0.25) is 0 Å². The summed E-state index contributed by atoms with van der Waals surface area (Å²) in [5.41, 5.74) is 1.95. The highest BCUT2D eigenvalue weighted by Gasteiger charge is 2.03. The highest BCUT2D eigenvalue weighted by Crippen LogP contribution is 2.17. The first-order valence-corrected chi connectivity index (χ1v) is 5.27. The number of nitrogens with one attached hydrogen (secondary N) is 1. The molecule has 1 aromatic rings. The number of hydrogen-bond donors (Lipinski definition) is 1. The van der Waals surface area contributed by atoms with Crippen molar-refractivity contribution < 1.29 is 4.39 Å². The van der Waals surface area contributed by atoms with Crippen molar-refractivity contribution in [2.45, 2.75) is 32.7 Å². The number of anilines is 1. The zero-order valence-electron chi connectivity index (χ0n) is 9.39. The van der Waals surface area contributed by atoms with E-state index in [9.17, 15) is 4.39 Å². The molecule has 1 atom stereocenters. The van der Waals surface area contributed by atoms with Crippen LogP contribution < -0.4 is 5.32 Å². The molecular weight excluding hydrogens is 189 g/mol. The van der Waals surface area contributed by atoms with Crippen molar-refractivity contribution in [1.82, 2.24) is 0 Å². The zero-order chi connectivity index (χ0) is 11.3. The minimum Gasteiger partial charge on any atom is -0.382 e. The van der Waals surface area contributed by atoms with Gasteiger partial charge in [0.15, 0.2) is 0 Å². The predicted octanol–water partition coefficient (Wildman–Crippen LogP) is 3.90. The highest BCUT2D eigenvalue weighted by atomic mass is 19.1. The summed E-state index contributed by atoms with van der Waals surface area (Å²) in [4.78, 5) is 0. The summed E-state index contributed by atoms with van der Waals surface area (Å²) < 4.78 is 12.8. The van der Waals surface area contributed by atoms with Gasteiger partial charge in [0.2, 0.25) is 0 Å². The summed E-state index contributed by atoms with van der Waals surface area (Å²) >= 11 is 0. The van der Waals surface area contributed by atoms with Crippen molar-refractivity contribution in [3.8, 4) is 0 Å². The van der Waals surface area contributed by atoms with E-state index in [-0.39, 0.29) is 5.82 Å². The summed E-state index contributed by atoms with van der Waals surface area (Å²) in [5.74, 6) is -0.184. The Morgan fingerprint density at radius 1 is 1.53 bits per heavy atom. The molecule has 0 aliphatic rings. The van der Waals surface area contributed by atoms with Gasteiger partial charge in [-0.15, -0.1) is 6.58 Å². The van der Waals surface area contributed by atoms with Gasteiger partial charge in [-0.1, -0.05) is 6.08 Å². The average Bonchev–Trinajstić information content (AvgIpc) is 2.19. The number of aryl methyl sites for hydroxylation is 1. The van der Waals surface area contributed by atoms with Gasteiger partial charge in [-0.05, 0) is 50.5 Å². The van der Waals surface area contributed by atoms with Crippen LogP contribution in [0.1, 0.15) is 25.3 Å². The quantitative estimate of drug-likeness (QED) is 0.722. The van der Waals surface area contributed by atoms with E-state index in [1.165, 1.54) is 6.07 Å². The molecule has 1 rings (SSSR count). The minimum absolute atomic E-state index is 0.184. The molecule has 1 aromatic carbocycles. The van der Waals surface area contributed by atoms with E-state index in [0.29, 0.717) is 6.04 Å². The SMILES string of the molecule is C=CCCC(C)Nc1ccc(F)cc1C. The Morgan fingerprint density at radius 2 is 2.27 bits per heavy atom. The maximum atomic E-state index is 12.8. The summed E-state index contributed by atoms with van der Waals surface area (Å²) in [7, 11) is 0. The minimum atomic E-state index is -0.184. The van der Waals surface area contributed by atoms with Crippen LogP contribution in [0.4, 0.5) is 10.1 Å². The number of benzene rings is 1. The van der Waals surface area contributed by atoms with Crippen molar-refractivity contribution in [2.75, 3.05) is 5.32 Å². The fourth-order valence-electron chi connectivity index (χ4n) is 1.49. The second kappa shape index (κ2) is 5.54. The molecule has 0 saturated carbocycles. The Balaban J connectivity index is 2.59. The van der Waals surface area contributed by atoms with E-state index in [4.69, 9.17) is 0 Å². The maximum absolute atomic E-state index is 12.8. The first-order valence-electron chi connectivity index (χ1n) is 5.27. The van der Waals surface area contributed by atoms with Crippen molar-refractivity contribution in [1.29, 1.82) is 0 Å². The molecule has 0 fully saturated rings. The molecule has 1 unspecified atom stereocenters. The Bertz CT molecular complexity index is 333. The van der Waals surface area contributed by atoms with Gasteiger partial charge < -0.3 is 5.32 Å². The molecule has 2 heteroatoms. The smallest absolute Gasteiger partial charge is 0.123 e. The lowest BCUT2D eigenvalue weighted by atomic mass is 10.1. The standard InChI is InChI=1S/C13H18FN/c1-4-5-6-11(3)15-13-8-7-12(14)9-10(13)2/h4,7-9,11,15H,1,5-6H2,2-3H3. The van der Waals surface area contributed by atoms with Gasteiger partial charge in [0.05, 0.1) is 0 Å². The van der Waals surface area contributed by atoms with Crippen molar-refractivity contribution in [3.05, 3.63) is 42.2 Å². The van der Waals surface area contributed by atoms with Crippen LogP contribution in [0.3, 0.4) is 0 Å². The number of hydrogen-bond acceptors (Lipinski definition) is 1. The molecule has 0 aromatic heterocycles. The Kier molecular flexibility index (Phi) is 4.35. The summed E-state index contributed by atoms with van der Waals surface area (Å²) in [6, 6.07) is 5.19. The van der Waals surface area contributed by atoms with Gasteiger partial charge in [0, 0.05) is 11.7 Å². The summed E-state index contributed by atoms with van der Waals surface area (Å²) in [6.07, 6.45) is 3.95. The topological polar surface area (TPSA) is 12.0 Å². The number of allylic oxidation sites excluding steroid dienone is 1. The molecule has 1 N–H and O–H groups in total. The second-order valence-electron chi connectivity index (χ2n) is 3.87. The van der Waals surface area contributed by atoms with Crippen LogP contribution in [0.15, 0.2) is 30.9 Å². The molecule has 0 bridgehead atoms. The number of rotatable bonds is 5. The van der Waals surface area contributed by atoms with Gasteiger partial charge in [-0.3, -0.25) is 0 Å². The highest BCUT2D eigenvalue weighted by molar-refractivity contribution is 5.51. The Hall–Kier alpha value is -1.31. The third-order valence-electron chi connectivity index (χ3n) is 2.39. The second-order valence-corrected chi connectivity index (χ2v) is 3.87. The first-order chi connectivity index (χ1) is 7.13. The molecular formula is C13H18FN. The fourth-order valence-corrected chi connectivity index (χ4v) is 1.49.